The van der Waals surface area contributed by atoms with Crippen molar-refractivity contribution in [3.63, 3.8) is 0 Å². The largest absolute Gasteiger partial charge is 0.504 e. The van der Waals surface area contributed by atoms with Crippen LogP contribution in [0.1, 0.15) is 79.0 Å². The molecule has 0 saturated heterocycles. The van der Waals surface area contributed by atoms with Crippen molar-refractivity contribution >= 4 is 8.60 Å². The van der Waals surface area contributed by atoms with E-state index < -0.39 is 8.60 Å². The molecule has 5 heteroatoms. The first-order chi connectivity index (χ1) is 13.1. The minimum absolute atomic E-state index is 0.0190. The first kappa shape index (κ1) is 23.5. The minimum atomic E-state index is -2.27. The Labute approximate surface area is 176 Å². The fraction of sp³-hybridized carbons (Fsp3) is 0.500. The molecule has 4 nitrogen and oxygen atoms in total. The van der Waals surface area contributed by atoms with E-state index in [1.165, 1.54) is 11.6 Å². The maximum Gasteiger partial charge on any atom is 0.460 e. The second-order valence-corrected chi connectivity index (χ2v) is 11.4. The third-order valence-corrected chi connectivity index (χ3v) is 5.47. The van der Waals surface area contributed by atoms with Crippen LogP contribution >= 0.6 is 8.60 Å². The summed E-state index contributed by atoms with van der Waals surface area (Å²) >= 11 is 0. The van der Waals surface area contributed by atoms with Gasteiger partial charge in [0.25, 0.3) is 0 Å². The number of hydrogen-bond donors (Lipinski definition) is 2. The number of hydrogen-bond acceptors (Lipinski definition) is 4. The van der Waals surface area contributed by atoms with E-state index in [4.69, 9.17) is 9.05 Å². The molecule has 0 aromatic heterocycles. The lowest BCUT2D eigenvalue weighted by Gasteiger charge is -2.33. The molecule has 0 aliphatic heterocycles. The van der Waals surface area contributed by atoms with E-state index in [1.54, 1.807) is 18.2 Å². The summed E-state index contributed by atoms with van der Waals surface area (Å²) in [5, 5.41) is 9.94. The Balaban J connectivity index is 2.57. The molecule has 0 spiro atoms. The Hall–Kier alpha value is -1.77. The molecule has 2 rings (SSSR count). The van der Waals surface area contributed by atoms with Crippen molar-refractivity contribution in [3.05, 3.63) is 53.1 Å². The summed E-state index contributed by atoms with van der Waals surface area (Å²) in [6, 6.07) is 10.9. The fourth-order valence-electron chi connectivity index (χ4n) is 2.99. The Kier molecular flexibility index (Phi) is 6.62. The predicted molar refractivity (Wildman–Crippen MR) is 121 cm³/mol. The average Bonchev–Trinajstić information content (AvgIpc) is 2.54. The molecule has 1 unspecified atom stereocenters. The summed E-state index contributed by atoms with van der Waals surface area (Å²) in [4.78, 5) is 10.6. The molecule has 2 aromatic carbocycles. The van der Waals surface area contributed by atoms with Crippen molar-refractivity contribution in [1.29, 1.82) is 0 Å². The molecule has 0 bridgehead atoms. The Bertz CT molecular complexity index is 819. The molecule has 160 valence electrons. The summed E-state index contributed by atoms with van der Waals surface area (Å²) in [7, 11) is -2.27. The number of para-hydroxylation sites is 2. The molecule has 29 heavy (non-hydrogen) atoms. The lowest BCUT2D eigenvalue weighted by Crippen LogP contribution is -2.22. The van der Waals surface area contributed by atoms with Crippen molar-refractivity contribution in [2.24, 2.45) is 0 Å². The van der Waals surface area contributed by atoms with Gasteiger partial charge in [-0.05, 0) is 33.9 Å². The highest BCUT2D eigenvalue weighted by Gasteiger charge is 2.32. The third kappa shape index (κ3) is 5.87. The summed E-state index contributed by atoms with van der Waals surface area (Å²) < 4.78 is 11.6. The molecular formula is C24H35O4P. The first-order valence-electron chi connectivity index (χ1n) is 9.93. The van der Waals surface area contributed by atoms with Crippen LogP contribution in [0.4, 0.5) is 0 Å². The molecule has 0 aliphatic carbocycles. The van der Waals surface area contributed by atoms with E-state index in [0.717, 1.165) is 11.1 Å². The van der Waals surface area contributed by atoms with Gasteiger partial charge in [-0.15, -0.1) is 0 Å². The Morgan fingerprint density at radius 2 is 1.21 bits per heavy atom. The molecular weight excluding hydrogens is 383 g/mol. The normalized spacial score (nSPS) is 13.9. The molecule has 0 radical (unpaired) electrons. The van der Waals surface area contributed by atoms with E-state index in [9.17, 15) is 10.00 Å². The Morgan fingerprint density at radius 3 is 1.62 bits per heavy atom. The second kappa shape index (κ2) is 8.16. The van der Waals surface area contributed by atoms with Crippen LogP contribution in [0.2, 0.25) is 0 Å². The Morgan fingerprint density at radius 1 is 0.724 bits per heavy atom. The summed E-state index contributed by atoms with van der Waals surface area (Å²) in [5.41, 5.74) is 2.87. The lowest BCUT2D eigenvalue weighted by atomic mass is 9.75. The zero-order chi connectivity index (χ0) is 22.2. The number of aromatic hydroxyl groups is 1. The van der Waals surface area contributed by atoms with Crippen LogP contribution in [-0.2, 0) is 16.2 Å². The summed E-state index contributed by atoms with van der Waals surface area (Å²) in [6.07, 6.45) is 0. The van der Waals surface area contributed by atoms with Gasteiger partial charge in [0.15, 0.2) is 11.5 Å². The van der Waals surface area contributed by atoms with Gasteiger partial charge in [-0.3, -0.25) is 0 Å². The summed E-state index contributed by atoms with van der Waals surface area (Å²) in [6.45, 7) is 19.4. The maximum absolute atomic E-state index is 10.6. The average molecular weight is 419 g/mol. The van der Waals surface area contributed by atoms with Crippen LogP contribution in [0.5, 0.6) is 17.2 Å². The third-order valence-electron chi connectivity index (χ3n) is 4.78. The second-order valence-electron chi connectivity index (χ2n) is 10.5. The maximum atomic E-state index is 10.6. The monoisotopic (exact) mass is 418 g/mol. The van der Waals surface area contributed by atoms with Crippen LogP contribution in [0.3, 0.4) is 0 Å². The molecule has 0 fully saturated rings. The number of benzene rings is 2. The van der Waals surface area contributed by atoms with E-state index in [-0.39, 0.29) is 27.7 Å². The van der Waals surface area contributed by atoms with E-state index >= 15 is 0 Å². The quantitative estimate of drug-likeness (QED) is 0.527. The van der Waals surface area contributed by atoms with E-state index in [2.05, 4.69) is 74.4 Å². The van der Waals surface area contributed by atoms with Crippen molar-refractivity contribution in [2.45, 2.75) is 78.6 Å². The molecule has 0 amide bonds. The van der Waals surface area contributed by atoms with Gasteiger partial charge in [-0.2, -0.15) is 0 Å². The molecule has 0 heterocycles. The highest BCUT2D eigenvalue weighted by Crippen LogP contribution is 2.48. The van der Waals surface area contributed by atoms with E-state index in [0.29, 0.717) is 5.75 Å². The molecule has 2 N–H and O–H groups in total. The van der Waals surface area contributed by atoms with Gasteiger partial charge in [0, 0.05) is 11.1 Å². The smallest absolute Gasteiger partial charge is 0.460 e. The highest BCUT2D eigenvalue weighted by molar-refractivity contribution is 7.41. The lowest BCUT2D eigenvalue weighted by molar-refractivity contribution is 0.357. The van der Waals surface area contributed by atoms with Crippen molar-refractivity contribution < 1.29 is 19.0 Å². The van der Waals surface area contributed by atoms with Gasteiger partial charge in [0.05, 0.1) is 0 Å². The zero-order valence-corrected chi connectivity index (χ0v) is 20.0. The molecule has 1 atom stereocenters. The van der Waals surface area contributed by atoms with Gasteiger partial charge >= 0.3 is 8.60 Å². The van der Waals surface area contributed by atoms with Crippen LogP contribution < -0.4 is 9.05 Å². The van der Waals surface area contributed by atoms with Gasteiger partial charge < -0.3 is 19.0 Å². The van der Waals surface area contributed by atoms with Crippen LogP contribution in [0.25, 0.3) is 0 Å². The number of phenolic OH excluding ortho intramolecular Hbond substituents is 1. The van der Waals surface area contributed by atoms with Gasteiger partial charge in [0.2, 0.25) is 0 Å². The number of rotatable bonds is 4. The number of phenols is 1. The van der Waals surface area contributed by atoms with Crippen molar-refractivity contribution in [1.82, 2.24) is 0 Å². The van der Waals surface area contributed by atoms with Gasteiger partial charge in [0.1, 0.15) is 5.75 Å². The summed E-state index contributed by atoms with van der Waals surface area (Å²) in [5.74, 6) is 0.817. The van der Waals surface area contributed by atoms with E-state index in [1.807, 2.05) is 0 Å². The fourth-order valence-corrected chi connectivity index (χ4v) is 3.70. The van der Waals surface area contributed by atoms with Crippen molar-refractivity contribution in [3.8, 4) is 17.2 Å². The molecule has 2 aromatic rings. The highest BCUT2D eigenvalue weighted by atomic mass is 31.2. The van der Waals surface area contributed by atoms with Crippen molar-refractivity contribution in [2.75, 3.05) is 0 Å². The van der Waals surface area contributed by atoms with Crippen LogP contribution in [0.15, 0.2) is 36.4 Å². The topological polar surface area (TPSA) is 58.9 Å². The minimum Gasteiger partial charge on any atom is -0.504 e. The predicted octanol–water partition coefficient (Wildman–Crippen LogP) is 6.96. The zero-order valence-electron chi connectivity index (χ0n) is 19.1. The first-order valence-corrected chi connectivity index (χ1v) is 11.1. The van der Waals surface area contributed by atoms with Gasteiger partial charge in [-0.1, -0.05) is 86.6 Å². The molecule has 0 aliphatic rings. The molecule has 0 saturated carbocycles. The van der Waals surface area contributed by atoms with Crippen LogP contribution in [0, 0.1) is 0 Å². The SMILES string of the molecule is CC(C)(C)c1cc(C(C)(C)C)c(OP(O)Oc2ccccc2O)c(C(C)(C)C)c1. The standard InChI is InChI=1S/C24H35O4P/c1-22(2,3)16-14-17(23(4,5)6)21(18(15-16)24(7,8)9)28-29(26)27-20-13-11-10-12-19(20)25/h10-15,25-26H,1-9H3. The van der Waals surface area contributed by atoms with Gasteiger partial charge in [-0.25, -0.2) is 0 Å². The van der Waals surface area contributed by atoms with Crippen LogP contribution in [-0.4, -0.2) is 10.00 Å².